The van der Waals surface area contributed by atoms with Gasteiger partial charge >= 0.3 is 0 Å². The van der Waals surface area contributed by atoms with Crippen molar-refractivity contribution in [2.24, 2.45) is 5.92 Å². The van der Waals surface area contributed by atoms with Gasteiger partial charge in [-0.2, -0.15) is 5.10 Å². The zero-order valence-electron chi connectivity index (χ0n) is 15.8. The first kappa shape index (κ1) is 19.2. The summed E-state index contributed by atoms with van der Waals surface area (Å²) < 4.78 is 1.73. The molecule has 1 aliphatic heterocycles. The van der Waals surface area contributed by atoms with Crippen molar-refractivity contribution in [1.82, 2.24) is 20.0 Å². The van der Waals surface area contributed by atoms with E-state index in [0.717, 1.165) is 16.8 Å². The van der Waals surface area contributed by atoms with Crippen molar-refractivity contribution in [3.63, 3.8) is 0 Å². The molecule has 1 saturated heterocycles. The highest BCUT2D eigenvalue weighted by Crippen LogP contribution is 2.20. The number of nitrogens with zero attached hydrogens (tertiary/aromatic N) is 3. The number of halogens is 1. The SMILES string of the molecule is O=C(NCc1cnn(-c2ccc(Cl)cc2)c1)C1CC(=O)N(Cc2ccccc2)C1. The lowest BCUT2D eigenvalue weighted by molar-refractivity contribution is -0.129. The van der Waals surface area contributed by atoms with Crippen LogP contribution in [0.3, 0.4) is 0 Å². The number of hydrogen-bond donors (Lipinski definition) is 1. The lowest BCUT2D eigenvalue weighted by Crippen LogP contribution is -2.32. The van der Waals surface area contributed by atoms with E-state index in [1.807, 2.05) is 48.7 Å². The lowest BCUT2D eigenvalue weighted by Gasteiger charge is -2.16. The first-order valence-electron chi connectivity index (χ1n) is 9.47. The lowest BCUT2D eigenvalue weighted by atomic mass is 10.1. The average Bonchev–Trinajstić information content (AvgIpc) is 3.35. The molecule has 4 rings (SSSR count). The normalized spacial score (nSPS) is 16.2. The Morgan fingerprint density at radius 2 is 1.86 bits per heavy atom. The van der Waals surface area contributed by atoms with Gasteiger partial charge in [0, 0.05) is 42.8 Å². The molecule has 6 nitrogen and oxygen atoms in total. The van der Waals surface area contributed by atoms with Gasteiger partial charge in [-0.25, -0.2) is 4.68 Å². The van der Waals surface area contributed by atoms with Gasteiger partial charge in [0.25, 0.3) is 0 Å². The molecule has 29 heavy (non-hydrogen) atoms. The molecule has 148 valence electrons. The van der Waals surface area contributed by atoms with Gasteiger partial charge in [0.2, 0.25) is 11.8 Å². The van der Waals surface area contributed by atoms with E-state index in [-0.39, 0.29) is 24.2 Å². The third-order valence-electron chi connectivity index (χ3n) is 5.00. The summed E-state index contributed by atoms with van der Waals surface area (Å²) in [6.45, 7) is 1.36. The van der Waals surface area contributed by atoms with Crippen molar-refractivity contribution in [2.75, 3.05) is 6.54 Å². The molecular formula is C22H21ClN4O2. The highest BCUT2D eigenvalue weighted by molar-refractivity contribution is 6.30. The number of aromatic nitrogens is 2. The van der Waals surface area contributed by atoms with Crippen LogP contribution in [0.1, 0.15) is 17.5 Å². The Morgan fingerprint density at radius 1 is 1.10 bits per heavy atom. The zero-order chi connectivity index (χ0) is 20.2. The maximum absolute atomic E-state index is 12.5. The molecule has 2 heterocycles. The van der Waals surface area contributed by atoms with E-state index >= 15 is 0 Å². The molecule has 1 atom stereocenters. The van der Waals surface area contributed by atoms with E-state index in [9.17, 15) is 9.59 Å². The minimum atomic E-state index is -0.322. The van der Waals surface area contributed by atoms with Crippen LogP contribution in [0.25, 0.3) is 5.69 Å². The van der Waals surface area contributed by atoms with Gasteiger partial charge in [0.15, 0.2) is 0 Å². The van der Waals surface area contributed by atoms with E-state index in [2.05, 4.69) is 10.4 Å². The van der Waals surface area contributed by atoms with E-state index < -0.39 is 0 Å². The van der Waals surface area contributed by atoms with Crippen LogP contribution in [0.4, 0.5) is 0 Å². The van der Waals surface area contributed by atoms with Gasteiger partial charge in [0.1, 0.15) is 0 Å². The summed E-state index contributed by atoms with van der Waals surface area (Å²) in [7, 11) is 0. The second kappa shape index (κ2) is 8.49. The summed E-state index contributed by atoms with van der Waals surface area (Å²) in [5.41, 5.74) is 2.85. The first-order chi connectivity index (χ1) is 14.1. The fourth-order valence-electron chi connectivity index (χ4n) is 3.42. The summed E-state index contributed by atoms with van der Waals surface area (Å²) in [4.78, 5) is 26.6. The van der Waals surface area contributed by atoms with E-state index in [1.54, 1.807) is 27.9 Å². The number of rotatable bonds is 6. The minimum Gasteiger partial charge on any atom is -0.352 e. The molecule has 3 aromatic rings. The van der Waals surface area contributed by atoms with Crippen molar-refractivity contribution in [2.45, 2.75) is 19.5 Å². The molecule has 0 saturated carbocycles. The Kier molecular flexibility index (Phi) is 5.62. The second-order valence-corrected chi connectivity index (χ2v) is 7.58. The molecule has 0 radical (unpaired) electrons. The Labute approximate surface area is 174 Å². The van der Waals surface area contributed by atoms with Crippen molar-refractivity contribution in [3.8, 4) is 5.69 Å². The molecule has 1 unspecified atom stereocenters. The summed E-state index contributed by atoms with van der Waals surface area (Å²) in [5, 5.41) is 7.92. The van der Waals surface area contributed by atoms with Crippen LogP contribution < -0.4 is 5.32 Å². The van der Waals surface area contributed by atoms with Crippen molar-refractivity contribution < 1.29 is 9.59 Å². The number of nitrogens with one attached hydrogen (secondary N) is 1. The molecule has 2 aromatic carbocycles. The van der Waals surface area contributed by atoms with Crippen molar-refractivity contribution >= 4 is 23.4 Å². The number of likely N-dealkylation sites (tertiary alicyclic amines) is 1. The van der Waals surface area contributed by atoms with Gasteiger partial charge in [-0.1, -0.05) is 41.9 Å². The highest BCUT2D eigenvalue weighted by atomic mass is 35.5. The van der Waals surface area contributed by atoms with Gasteiger partial charge < -0.3 is 10.2 Å². The highest BCUT2D eigenvalue weighted by Gasteiger charge is 2.34. The van der Waals surface area contributed by atoms with Gasteiger partial charge in [-0.05, 0) is 29.8 Å². The number of benzene rings is 2. The number of carbonyl (C=O) groups is 2. The Balaban J connectivity index is 1.31. The van der Waals surface area contributed by atoms with Crippen LogP contribution in [0.15, 0.2) is 67.0 Å². The maximum atomic E-state index is 12.5. The minimum absolute atomic E-state index is 0.0181. The summed E-state index contributed by atoms with van der Waals surface area (Å²) in [5.74, 6) is -0.407. The molecule has 2 amide bonds. The van der Waals surface area contributed by atoms with Crippen LogP contribution in [0.2, 0.25) is 5.02 Å². The van der Waals surface area contributed by atoms with E-state index in [0.29, 0.717) is 24.7 Å². The predicted molar refractivity (Wildman–Crippen MR) is 110 cm³/mol. The topological polar surface area (TPSA) is 67.2 Å². The fraction of sp³-hybridized carbons (Fsp3) is 0.227. The molecule has 0 spiro atoms. The third-order valence-corrected chi connectivity index (χ3v) is 5.25. The molecule has 7 heteroatoms. The Bertz CT molecular complexity index is 1000. The fourth-order valence-corrected chi connectivity index (χ4v) is 3.55. The van der Waals surface area contributed by atoms with E-state index in [4.69, 9.17) is 11.6 Å². The number of amides is 2. The zero-order valence-corrected chi connectivity index (χ0v) is 16.5. The van der Waals surface area contributed by atoms with Crippen molar-refractivity contribution in [3.05, 3.63) is 83.1 Å². The van der Waals surface area contributed by atoms with Crippen molar-refractivity contribution in [1.29, 1.82) is 0 Å². The Hall–Kier alpha value is -3.12. The molecule has 1 aliphatic rings. The van der Waals surface area contributed by atoms with Gasteiger partial charge in [-0.15, -0.1) is 0 Å². The van der Waals surface area contributed by atoms with Crippen LogP contribution in [-0.4, -0.2) is 33.0 Å². The molecule has 1 N–H and O–H groups in total. The molecule has 0 aliphatic carbocycles. The first-order valence-corrected chi connectivity index (χ1v) is 9.85. The van der Waals surface area contributed by atoms with Crippen LogP contribution >= 0.6 is 11.6 Å². The van der Waals surface area contributed by atoms with E-state index in [1.165, 1.54) is 0 Å². The smallest absolute Gasteiger partial charge is 0.225 e. The van der Waals surface area contributed by atoms with Crippen LogP contribution in [0.5, 0.6) is 0 Å². The number of hydrogen-bond acceptors (Lipinski definition) is 3. The summed E-state index contributed by atoms with van der Waals surface area (Å²) in [6.07, 6.45) is 3.84. The molecule has 1 aromatic heterocycles. The third kappa shape index (κ3) is 4.66. The van der Waals surface area contributed by atoms with Crippen LogP contribution in [0, 0.1) is 5.92 Å². The summed E-state index contributed by atoms with van der Waals surface area (Å²) in [6, 6.07) is 17.2. The van der Waals surface area contributed by atoms with Crippen LogP contribution in [-0.2, 0) is 22.7 Å². The Morgan fingerprint density at radius 3 is 2.62 bits per heavy atom. The second-order valence-electron chi connectivity index (χ2n) is 7.15. The summed E-state index contributed by atoms with van der Waals surface area (Å²) >= 11 is 5.91. The standard InChI is InChI=1S/C22H21ClN4O2/c23-19-6-8-20(9-7-19)27-14-17(12-25-27)11-24-22(29)18-10-21(28)26(15-18)13-16-4-2-1-3-5-16/h1-9,12,14,18H,10-11,13,15H2,(H,24,29). The molecular weight excluding hydrogens is 388 g/mol. The molecule has 0 bridgehead atoms. The monoisotopic (exact) mass is 408 g/mol. The maximum Gasteiger partial charge on any atom is 0.225 e. The molecule has 1 fully saturated rings. The quantitative estimate of drug-likeness (QED) is 0.681. The van der Waals surface area contributed by atoms with Gasteiger partial charge in [0.05, 0.1) is 17.8 Å². The van der Waals surface area contributed by atoms with Gasteiger partial charge in [-0.3, -0.25) is 9.59 Å². The predicted octanol–water partition coefficient (Wildman–Crippen LogP) is 3.19. The average molecular weight is 409 g/mol. The number of carbonyl (C=O) groups excluding carboxylic acids is 2. The largest absolute Gasteiger partial charge is 0.352 e.